The molecule has 0 aliphatic rings. The van der Waals surface area contributed by atoms with Gasteiger partial charge in [-0.1, -0.05) is 6.07 Å². The van der Waals surface area contributed by atoms with Crippen LogP contribution in [0.5, 0.6) is 5.75 Å². The Morgan fingerprint density at radius 1 is 1.25 bits per heavy atom. The number of anilines is 1. The van der Waals surface area contributed by atoms with Gasteiger partial charge in [-0.15, -0.1) is 11.3 Å². The van der Waals surface area contributed by atoms with Gasteiger partial charge in [0.25, 0.3) is 11.8 Å². The fourth-order valence-corrected chi connectivity index (χ4v) is 3.56. The van der Waals surface area contributed by atoms with Crippen LogP contribution >= 0.6 is 11.3 Å². The maximum Gasteiger partial charge on any atom is 0.341 e. The first-order chi connectivity index (χ1) is 13.2. The molecule has 0 spiro atoms. The summed E-state index contributed by atoms with van der Waals surface area (Å²) in [7, 11) is 3.19. The molecule has 1 N–H and O–H groups in total. The van der Waals surface area contributed by atoms with Crippen molar-refractivity contribution in [1.29, 1.82) is 0 Å². The number of rotatable bonds is 7. The molecule has 1 heterocycles. The predicted molar refractivity (Wildman–Crippen MR) is 104 cm³/mol. The van der Waals surface area contributed by atoms with Crippen molar-refractivity contribution >= 4 is 34.1 Å². The maximum atomic E-state index is 13.2. The zero-order valence-corrected chi connectivity index (χ0v) is 16.8. The van der Waals surface area contributed by atoms with Gasteiger partial charge in [0, 0.05) is 20.2 Å². The van der Waals surface area contributed by atoms with Gasteiger partial charge >= 0.3 is 5.97 Å². The van der Waals surface area contributed by atoms with Crippen molar-refractivity contribution in [1.82, 2.24) is 4.90 Å². The van der Waals surface area contributed by atoms with E-state index < -0.39 is 17.7 Å². The quantitative estimate of drug-likeness (QED) is 0.712. The molecule has 0 bridgehead atoms. The smallest absolute Gasteiger partial charge is 0.341 e. The van der Waals surface area contributed by atoms with Crippen LogP contribution in [0.1, 0.15) is 32.5 Å². The fraction of sp³-hybridized carbons (Fsp3) is 0.316. The lowest BCUT2D eigenvalue weighted by Gasteiger charge is -2.09. The van der Waals surface area contributed by atoms with Gasteiger partial charge in [0.15, 0.2) is 6.61 Å². The van der Waals surface area contributed by atoms with E-state index in [0.717, 1.165) is 17.4 Å². The van der Waals surface area contributed by atoms with Crippen molar-refractivity contribution in [3.8, 4) is 5.75 Å². The van der Waals surface area contributed by atoms with Crippen LogP contribution in [0.2, 0.25) is 0 Å². The van der Waals surface area contributed by atoms with Crippen molar-refractivity contribution in [3.63, 3.8) is 0 Å². The normalized spacial score (nSPS) is 10.3. The van der Waals surface area contributed by atoms with Crippen molar-refractivity contribution in [2.75, 3.05) is 32.6 Å². The summed E-state index contributed by atoms with van der Waals surface area (Å²) in [5.41, 5.74) is 0.569. The van der Waals surface area contributed by atoms with E-state index >= 15 is 0 Å². The third-order valence-corrected chi connectivity index (χ3v) is 4.84. The molecule has 2 aromatic rings. The molecule has 0 saturated heterocycles. The zero-order chi connectivity index (χ0) is 20.8. The lowest BCUT2D eigenvalue weighted by atomic mass is 10.1. The lowest BCUT2D eigenvalue weighted by molar-refractivity contribution is -0.118. The monoisotopic (exact) mass is 408 g/mol. The number of benzene rings is 1. The summed E-state index contributed by atoms with van der Waals surface area (Å²) in [5.74, 6) is -1.75. The van der Waals surface area contributed by atoms with E-state index in [1.54, 1.807) is 27.9 Å². The van der Waals surface area contributed by atoms with Gasteiger partial charge in [-0.2, -0.15) is 0 Å². The number of thiophene rings is 1. The standard InChI is InChI=1S/C19H21FN2O5S/c1-5-26-19(25)15-11(2)16(18(24)22(3)4)28-17(15)21-14(23)10-27-13-8-6-7-12(20)9-13/h6-9H,5,10H2,1-4H3,(H,21,23). The van der Waals surface area contributed by atoms with Gasteiger partial charge in [-0.05, 0) is 31.5 Å². The maximum absolute atomic E-state index is 13.2. The van der Waals surface area contributed by atoms with Crippen LogP contribution in [-0.4, -0.2) is 50.0 Å². The van der Waals surface area contributed by atoms with Gasteiger partial charge in [0.2, 0.25) is 0 Å². The lowest BCUT2D eigenvalue weighted by Crippen LogP contribution is -2.21. The molecular formula is C19H21FN2O5S. The number of nitrogens with one attached hydrogen (secondary N) is 1. The number of carbonyl (C=O) groups excluding carboxylic acids is 3. The van der Waals surface area contributed by atoms with E-state index in [9.17, 15) is 18.8 Å². The van der Waals surface area contributed by atoms with Crippen LogP contribution in [-0.2, 0) is 9.53 Å². The first kappa shape index (κ1) is 21.4. The van der Waals surface area contributed by atoms with Gasteiger partial charge in [-0.25, -0.2) is 9.18 Å². The molecule has 0 aliphatic carbocycles. The fourth-order valence-electron chi connectivity index (χ4n) is 2.33. The summed E-state index contributed by atoms with van der Waals surface area (Å²) < 4.78 is 23.5. The van der Waals surface area contributed by atoms with E-state index in [2.05, 4.69) is 5.32 Å². The molecule has 0 aliphatic heterocycles. The van der Waals surface area contributed by atoms with Crippen molar-refractivity contribution < 1.29 is 28.2 Å². The SMILES string of the molecule is CCOC(=O)c1c(NC(=O)COc2cccc(F)c2)sc(C(=O)N(C)C)c1C. The van der Waals surface area contributed by atoms with Crippen LogP contribution in [0, 0.1) is 12.7 Å². The Balaban J connectivity index is 2.22. The number of carbonyl (C=O) groups is 3. The number of amides is 2. The highest BCUT2D eigenvalue weighted by Crippen LogP contribution is 2.34. The molecule has 150 valence electrons. The van der Waals surface area contributed by atoms with E-state index in [1.807, 2.05) is 0 Å². The number of esters is 1. The van der Waals surface area contributed by atoms with Crippen LogP contribution < -0.4 is 10.1 Å². The minimum atomic E-state index is -0.629. The van der Waals surface area contributed by atoms with Crippen molar-refractivity contribution in [3.05, 3.63) is 46.1 Å². The van der Waals surface area contributed by atoms with Crippen molar-refractivity contribution in [2.45, 2.75) is 13.8 Å². The molecule has 0 unspecified atom stereocenters. The molecule has 2 rings (SSSR count). The van der Waals surface area contributed by atoms with Crippen molar-refractivity contribution in [2.24, 2.45) is 0 Å². The summed E-state index contributed by atoms with van der Waals surface area (Å²) in [6, 6.07) is 5.39. The molecule has 0 saturated carbocycles. The Morgan fingerprint density at radius 3 is 2.57 bits per heavy atom. The molecule has 1 aromatic carbocycles. The van der Waals surface area contributed by atoms with Gasteiger partial charge < -0.3 is 19.7 Å². The van der Waals surface area contributed by atoms with Gasteiger partial charge in [0.1, 0.15) is 16.6 Å². The Hall–Kier alpha value is -2.94. The average Bonchev–Trinajstić information content (AvgIpc) is 2.95. The van der Waals surface area contributed by atoms with Crippen LogP contribution in [0.3, 0.4) is 0 Å². The number of hydrogen-bond donors (Lipinski definition) is 1. The Labute approximate surface area is 166 Å². The second-order valence-electron chi connectivity index (χ2n) is 5.97. The predicted octanol–water partition coefficient (Wildman–Crippen LogP) is 3.09. The number of nitrogens with zero attached hydrogens (tertiary/aromatic N) is 1. The van der Waals surface area contributed by atoms with Gasteiger partial charge in [0.05, 0.1) is 17.0 Å². The largest absolute Gasteiger partial charge is 0.484 e. The Morgan fingerprint density at radius 2 is 1.96 bits per heavy atom. The molecule has 0 fully saturated rings. The molecule has 1 aromatic heterocycles. The van der Waals surface area contributed by atoms with E-state index in [-0.39, 0.29) is 35.4 Å². The summed E-state index contributed by atoms with van der Waals surface area (Å²) >= 11 is 0.990. The van der Waals surface area contributed by atoms with E-state index in [0.29, 0.717) is 10.4 Å². The first-order valence-electron chi connectivity index (χ1n) is 8.45. The number of hydrogen-bond acceptors (Lipinski definition) is 6. The molecular weight excluding hydrogens is 387 g/mol. The summed E-state index contributed by atoms with van der Waals surface area (Å²) in [5, 5.41) is 2.78. The highest BCUT2D eigenvalue weighted by atomic mass is 32.1. The Kier molecular flexibility index (Phi) is 7.11. The molecule has 28 heavy (non-hydrogen) atoms. The van der Waals surface area contributed by atoms with Crippen LogP contribution in [0.25, 0.3) is 0 Å². The summed E-state index contributed by atoms with van der Waals surface area (Å²) in [6.45, 7) is 3.05. The van der Waals surface area contributed by atoms with E-state index in [1.165, 1.54) is 23.1 Å². The minimum Gasteiger partial charge on any atom is -0.484 e. The molecule has 9 heteroatoms. The second kappa shape index (κ2) is 9.32. The Bertz CT molecular complexity index is 894. The first-order valence-corrected chi connectivity index (χ1v) is 9.26. The molecule has 2 amide bonds. The zero-order valence-electron chi connectivity index (χ0n) is 16.0. The number of halogens is 1. The highest BCUT2D eigenvalue weighted by Gasteiger charge is 2.27. The van der Waals surface area contributed by atoms with E-state index in [4.69, 9.17) is 9.47 Å². The number of ether oxygens (including phenoxy) is 2. The topological polar surface area (TPSA) is 84.9 Å². The molecule has 7 nitrogen and oxygen atoms in total. The third kappa shape index (κ3) is 5.07. The van der Waals surface area contributed by atoms with Gasteiger partial charge in [-0.3, -0.25) is 9.59 Å². The highest BCUT2D eigenvalue weighted by molar-refractivity contribution is 7.18. The minimum absolute atomic E-state index is 0.135. The molecule has 0 radical (unpaired) electrons. The molecule has 0 atom stereocenters. The van der Waals surface area contributed by atoms with Crippen LogP contribution in [0.4, 0.5) is 9.39 Å². The summed E-state index contributed by atoms with van der Waals surface area (Å²) in [4.78, 5) is 38.6. The average molecular weight is 408 g/mol. The second-order valence-corrected chi connectivity index (χ2v) is 7.00. The van der Waals surface area contributed by atoms with Crippen LogP contribution in [0.15, 0.2) is 24.3 Å². The third-order valence-electron chi connectivity index (χ3n) is 3.65. The summed E-state index contributed by atoms with van der Waals surface area (Å²) in [6.07, 6.45) is 0.